The first-order chi connectivity index (χ1) is 10.8. The van der Waals surface area contributed by atoms with Crippen LogP contribution in [-0.4, -0.2) is 56.0 Å². The number of hydrogen-bond acceptors (Lipinski definition) is 5. The number of likely N-dealkylation sites (N-methyl/N-ethyl adjacent to an activating group) is 1. The zero-order valence-electron chi connectivity index (χ0n) is 13.8. The molecule has 0 aliphatic heterocycles. The van der Waals surface area contributed by atoms with Crippen molar-refractivity contribution in [3.05, 3.63) is 29.8 Å². The molecule has 0 aliphatic rings. The molecule has 0 spiro atoms. The molecule has 7 nitrogen and oxygen atoms in total. The van der Waals surface area contributed by atoms with Crippen LogP contribution in [0.1, 0.15) is 12.5 Å². The molecule has 23 heavy (non-hydrogen) atoms. The van der Waals surface area contributed by atoms with Gasteiger partial charge < -0.3 is 19.7 Å². The number of carbonyl (C=O) groups excluding carboxylic acids is 3. The number of nitrogens with zero attached hydrogens (tertiary/aromatic N) is 1. The molecule has 0 radical (unpaired) electrons. The number of aryl methyl sites for hydroxylation is 1. The van der Waals surface area contributed by atoms with Crippen LogP contribution in [0.5, 0.6) is 5.75 Å². The van der Waals surface area contributed by atoms with E-state index in [2.05, 4.69) is 5.32 Å². The molecule has 0 unspecified atom stereocenters. The SMILES string of the molecule is Cc1cccc(O[C@@H](C)C(=O)OCC(=O)NCC(=O)N(C)C)c1. The summed E-state index contributed by atoms with van der Waals surface area (Å²) in [7, 11) is 3.16. The van der Waals surface area contributed by atoms with Crippen LogP contribution in [0, 0.1) is 6.92 Å². The topological polar surface area (TPSA) is 84.9 Å². The molecule has 1 aromatic rings. The smallest absolute Gasteiger partial charge is 0.347 e. The van der Waals surface area contributed by atoms with E-state index in [1.165, 1.54) is 11.8 Å². The van der Waals surface area contributed by atoms with Gasteiger partial charge in [-0.3, -0.25) is 9.59 Å². The van der Waals surface area contributed by atoms with Gasteiger partial charge in [-0.1, -0.05) is 12.1 Å². The van der Waals surface area contributed by atoms with Crippen molar-refractivity contribution in [2.45, 2.75) is 20.0 Å². The van der Waals surface area contributed by atoms with Crippen molar-refractivity contribution in [3.63, 3.8) is 0 Å². The van der Waals surface area contributed by atoms with Gasteiger partial charge in [-0.15, -0.1) is 0 Å². The van der Waals surface area contributed by atoms with Gasteiger partial charge in [0.25, 0.3) is 5.91 Å². The van der Waals surface area contributed by atoms with Gasteiger partial charge >= 0.3 is 5.97 Å². The summed E-state index contributed by atoms with van der Waals surface area (Å²) in [5.74, 6) is -0.895. The Morgan fingerprint density at radius 2 is 1.96 bits per heavy atom. The maximum atomic E-state index is 11.8. The lowest BCUT2D eigenvalue weighted by Gasteiger charge is -2.14. The van der Waals surface area contributed by atoms with Crippen LogP contribution in [0.25, 0.3) is 0 Å². The lowest BCUT2D eigenvalue weighted by molar-refractivity contribution is -0.154. The number of rotatable bonds is 7. The van der Waals surface area contributed by atoms with Crippen LogP contribution in [0.2, 0.25) is 0 Å². The minimum Gasteiger partial charge on any atom is -0.479 e. The highest BCUT2D eigenvalue weighted by atomic mass is 16.6. The molecular weight excluding hydrogens is 300 g/mol. The maximum Gasteiger partial charge on any atom is 0.347 e. The van der Waals surface area contributed by atoms with Gasteiger partial charge in [0.15, 0.2) is 12.7 Å². The van der Waals surface area contributed by atoms with Crippen molar-refractivity contribution >= 4 is 17.8 Å². The van der Waals surface area contributed by atoms with Crippen LogP contribution < -0.4 is 10.1 Å². The summed E-state index contributed by atoms with van der Waals surface area (Å²) < 4.78 is 10.3. The normalized spacial score (nSPS) is 11.3. The highest BCUT2D eigenvalue weighted by Gasteiger charge is 2.18. The molecule has 0 saturated heterocycles. The average molecular weight is 322 g/mol. The van der Waals surface area contributed by atoms with Gasteiger partial charge in [0.2, 0.25) is 5.91 Å². The lowest BCUT2D eigenvalue weighted by Crippen LogP contribution is -2.39. The van der Waals surface area contributed by atoms with E-state index in [9.17, 15) is 14.4 Å². The second-order valence-electron chi connectivity index (χ2n) is 5.25. The molecule has 0 fully saturated rings. The summed E-state index contributed by atoms with van der Waals surface area (Å²) >= 11 is 0. The van der Waals surface area contributed by atoms with E-state index in [0.717, 1.165) is 5.56 Å². The molecule has 0 aliphatic carbocycles. The predicted octanol–water partition coefficient (Wildman–Crippen LogP) is 0.510. The number of benzene rings is 1. The van der Waals surface area contributed by atoms with Crippen LogP contribution in [0.3, 0.4) is 0 Å². The molecule has 7 heteroatoms. The molecule has 0 bridgehead atoms. The lowest BCUT2D eigenvalue weighted by atomic mass is 10.2. The molecule has 1 aromatic carbocycles. The van der Waals surface area contributed by atoms with Crippen LogP contribution in [-0.2, 0) is 19.1 Å². The number of nitrogens with one attached hydrogen (secondary N) is 1. The van der Waals surface area contributed by atoms with Crippen molar-refractivity contribution < 1.29 is 23.9 Å². The summed E-state index contributed by atoms with van der Waals surface area (Å²) in [6, 6.07) is 7.26. The third-order valence-corrected chi connectivity index (χ3v) is 2.92. The second kappa shape index (κ2) is 8.77. The third kappa shape index (κ3) is 6.82. The molecule has 1 atom stereocenters. The van der Waals surface area contributed by atoms with Gasteiger partial charge in [-0.2, -0.15) is 0 Å². The summed E-state index contributed by atoms with van der Waals surface area (Å²) in [6.45, 7) is 2.85. The highest BCUT2D eigenvalue weighted by molar-refractivity contribution is 5.86. The Bertz CT molecular complexity index is 571. The first kappa shape index (κ1) is 18.5. The quantitative estimate of drug-likeness (QED) is 0.739. The van der Waals surface area contributed by atoms with E-state index in [0.29, 0.717) is 5.75 Å². The van der Waals surface area contributed by atoms with Gasteiger partial charge in [0, 0.05) is 14.1 Å². The second-order valence-corrected chi connectivity index (χ2v) is 5.25. The largest absolute Gasteiger partial charge is 0.479 e. The van der Waals surface area contributed by atoms with Crippen molar-refractivity contribution in [3.8, 4) is 5.75 Å². The molecule has 2 amide bonds. The first-order valence-electron chi connectivity index (χ1n) is 7.16. The fourth-order valence-corrected chi connectivity index (χ4v) is 1.58. The van der Waals surface area contributed by atoms with E-state index in [1.54, 1.807) is 26.2 Å². The Balaban J connectivity index is 2.35. The minimum atomic E-state index is -0.840. The van der Waals surface area contributed by atoms with Gasteiger partial charge in [-0.25, -0.2) is 4.79 Å². The average Bonchev–Trinajstić information content (AvgIpc) is 2.49. The number of amides is 2. The maximum absolute atomic E-state index is 11.8. The van der Waals surface area contributed by atoms with E-state index in [1.807, 2.05) is 19.1 Å². The zero-order chi connectivity index (χ0) is 17.4. The van der Waals surface area contributed by atoms with Crippen molar-refractivity contribution in [1.82, 2.24) is 10.2 Å². The van der Waals surface area contributed by atoms with Crippen molar-refractivity contribution in [2.75, 3.05) is 27.2 Å². The number of carbonyl (C=O) groups is 3. The van der Waals surface area contributed by atoms with E-state index in [4.69, 9.17) is 9.47 Å². The monoisotopic (exact) mass is 322 g/mol. The molecule has 1 N–H and O–H groups in total. The Labute approximate surface area is 135 Å². The molecule has 1 rings (SSSR count). The summed E-state index contributed by atoms with van der Waals surface area (Å²) in [5, 5.41) is 2.37. The molecule has 126 valence electrons. The molecule has 0 saturated carbocycles. The van der Waals surface area contributed by atoms with Crippen LogP contribution >= 0.6 is 0 Å². The summed E-state index contributed by atoms with van der Waals surface area (Å²) in [4.78, 5) is 35.9. The molecule has 0 aromatic heterocycles. The highest BCUT2D eigenvalue weighted by Crippen LogP contribution is 2.14. The number of esters is 1. The predicted molar refractivity (Wildman–Crippen MR) is 83.9 cm³/mol. The van der Waals surface area contributed by atoms with E-state index >= 15 is 0 Å². The molecule has 0 heterocycles. The van der Waals surface area contributed by atoms with Gasteiger partial charge in [0.05, 0.1) is 6.54 Å². The number of ether oxygens (including phenoxy) is 2. The Hall–Kier alpha value is -2.57. The van der Waals surface area contributed by atoms with E-state index < -0.39 is 24.6 Å². The summed E-state index contributed by atoms with van der Waals surface area (Å²) in [6.07, 6.45) is -0.840. The van der Waals surface area contributed by atoms with E-state index in [-0.39, 0.29) is 12.5 Å². The third-order valence-electron chi connectivity index (χ3n) is 2.92. The summed E-state index contributed by atoms with van der Waals surface area (Å²) in [5.41, 5.74) is 1.01. The Morgan fingerprint density at radius 1 is 1.26 bits per heavy atom. The van der Waals surface area contributed by atoms with Crippen LogP contribution in [0.15, 0.2) is 24.3 Å². The van der Waals surface area contributed by atoms with Crippen LogP contribution in [0.4, 0.5) is 0 Å². The van der Waals surface area contributed by atoms with Gasteiger partial charge in [-0.05, 0) is 31.5 Å². The van der Waals surface area contributed by atoms with Crippen molar-refractivity contribution in [2.24, 2.45) is 0 Å². The zero-order valence-corrected chi connectivity index (χ0v) is 13.8. The Kier molecular flexibility index (Phi) is 7.05. The molecular formula is C16H22N2O5. The number of hydrogen-bond donors (Lipinski definition) is 1. The van der Waals surface area contributed by atoms with Crippen molar-refractivity contribution in [1.29, 1.82) is 0 Å². The minimum absolute atomic E-state index is 0.140. The first-order valence-corrected chi connectivity index (χ1v) is 7.16. The fourth-order valence-electron chi connectivity index (χ4n) is 1.58. The van der Waals surface area contributed by atoms with Gasteiger partial charge in [0.1, 0.15) is 5.75 Å². The fraction of sp³-hybridized carbons (Fsp3) is 0.438. The Morgan fingerprint density at radius 3 is 2.57 bits per heavy atom. The standard InChI is InChI=1S/C16H22N2O5/c1-11-6-5-7-13(8-11)23-12(2)16(21)22-10-14(19)17-9-15(20)18(3)4/h5-8,12H,9-10H2,1-4H3,(H,17,19)/t12-/m0/s1.